The summed E-state index contributed by atoms with van der Waals surface area (Å²) in [5.41, 5.74) is 1.75. The van der Waals surface area contributed by atoms with Gasteiger partial charge in [0.1, 0.15) is 5.75 Å². The molecule has 30 heavy (non-hydrogen) atoms. The highest BCUT2D eigenvalue weighted by molar-refractivity contribution is 7.89. The monoisotopic (exact) mass is 428 g/mol. The fourth-order valence-corrected chi connectivity index (χ4v) is 4.69. The standard InChI is InChI=1S/C23H28N2O4S/c1-2-17-29-21-10-5-19(6-11-21)9-14-23(26)24-18-20-7-12-22(13-8-20)30(27,28)25-15-3-4-16-25/h5-14H,2-4,15-18H2,1H3,(H,24,26). The van der Waals surface area contributed by atoms with Crippen LogP contribution in [0.1, 0.15) is 37.3 Å². The molecule has 0 saturated carbocycles. The van der Waals surface area contributed by atoms with Crippen LogP contribution < -0.4 is 10.1 Å². The molecule has 160 valence electrons. The number of hydrogen-bond acceptors (Lipinski definition) is 4. The largest absolute Gasteiger partial charge is 0.494 e. The van der Waals surface area contributed by atoms with Crippen molar-refractivity contribution in [3.05, 3.63) is 65.7 Å². The first-order valence-corrected chi connectivity index (χ1v) is 11.7. The third-order valence-electron chi connectivity index (χ3n) is 4.87. The Kier molecular flexibility index (Phi) is 7.65. The molecule has 0 aromatic heterocycles. The fraction of sp³-hybridized carbons (Fsp3) is 0.348. The van der Waals surface area contributed by atoms with Crippen molar-refractivity contribution < 1.29 is 17.9 Å². The van der Waals surface area contributed by atoms with Crippen molar-refractivity contribution in [3.63, 3.8) is 0 Å². The zero-order valence-corrected chi connectivity index (χ0v) is 18.0. The molecule has 2 aromatic rings. The van der Waals surface area contributed by atoms with Crippen LogP contribution >= 0.6 is 0 Å². The molecule has 1 heterocycles. The van der Waals surface area contributed by atoms with Crippen LogP contribution in [0.15, 0.2) is 59.5 Å². The van der Waals surface area contributed by atoms with Gasteiger partial charge in [-0.1, -0.05) is 31.2 Å². The van der Waals surface area contributed by atoms with Gasteiger partial charge < -0.3 is 10.1 Å². The normalized spacial score (nSPS) is 14.8. The minimum absolute atomic E-state index is 0.213. The molecule has 1 saturated heterocycles. The SMILES string of the molecule is CCCOc1ccc(C=CC(=O)NCc2ccc(S(=O)(=O)N3CCCC3)cc2)cc1. The molecule has 2 aromatic carbocycles. The van der Waals surface area contributed by atoms with E-state index in [1.165, 1.54) is 10.4 Å². The Morgan fingerprint density at radius 2 is 1.73 bits per heavy atom. The summed E-state index contributed by atoms with van der Waals surface area (Å²) in [7, 11) is -3.41. The first-order valence-electron chi connectivity index (χ1n) is 10.3. The summed E-state index contributed by atoms with van der Waals surface area (Å²) in [5.74, 6) is 0.601. The maximum Gasteiger partial charge on any atom is 0.244 e. The third kappa shape index (κ3) is 5.93. The number of amides is 1. The maximum atomic E-state index is 12.5. The number of nitrogens with zero attached hydrogens (tertiary/aromatic N) is 1. The van der Waals surface area contributed by atoms with Gasteiger partial charge in [0.15, 0.2) is 0 Å². The molecule has 7 heteroatoms. The Bertz CT molecular complexity index is 961. The number of hydrogen-bond donors (Lipinski definition) is 1. The summed E-state index contributed by atoms with van der Waals surface area (Å²) in [5, 5.41) is 2.81. The van der Waals surface area contributed by atoms with Crippen molar-refractivity contribution >= 4 is 22.0 Å². The van der Waals surface area contributed by atoms with E-state index in [1.54, 1.807) is 30.3 Å². The second kappa shape index (κ2) is 10.4. The van der Waals surface area contributed by atoms with E-state index in [0.29, 0.717) is 31.1 Å². The first-order chi connectivity index (χ1) is 14.5. The molecule has 0 radical (unpaired) electrons. The number of benzene rings is 2. The van der Waals surface area contributed by atoms with Crippen molar-refractivity contribution in [2.24, 2.45) is 0 Å². The average Bonchev–Trinajstić information content (AvgIpc) is 3.32. The van der Waals surface area contributed by atoms with E-state index >= 15 is 0 Å². The van der Waals surface area contributed by atoms with Gasteiger partial charge in [0.2, 0.25) is 15.9 Å². The van der Waals surface area contributed by atoms with Crippen molar-refractivity contribution in [1.82, 2.24) is 9.62 Å². The molecule has 0 spiro atoms. The number of ether oxygens (including phenoxy) is 1. The van der Waals surface area contributed by atoms with Gasteiger partial charge in [-0.25, -0.2) is 8.42 Å². The summed E-state index contributed by atoms with van der Waals surface area (Å²) in [6, 6.07) is 14.2. The lowest BCUT2D eigenvalue weighted by molar-refractivity contribution is -0.116. The van der Waals surface area contributed by atoms with Gasteiger partial charge in [0.25, 0.3) is 0 Å². The summed E-state index contributed by atoms with van der Waals surface area (Å²) >= 11 is 0. The molecule has 0 aliphatic carbocycles. The molecule has 1 amide bonds. The zero-order valence-electron chi connectivity index (χ0n) is 17.2. The van der Waals surface area contributed by atoms with Crippen molar-refractivity contribution in [2.45, 2.75) is 37.6 Å². The predicted molar refractivity (Wildman–Crippen MR) is 118 cm³/mol. The molecule has 0 unspecified atom stereocenters. The van der Waals surface area contributed by atoms with Crippen molar-refractivity contribution in [3.8, 4) is 5.75 Å². The van der Waals surface area contributed by atoms with Crippen LogP contribution in [0.5, 0.6) is 5.75 Å². The Morgan fingerprint density at radius 3 is 2.37 bits per heavy atom. The molecule has 3 rings (SSSR count). The highest BCUT2D eigenvalue weighted by Gasteiger charge is 2.26. The quantitative estimate of drug-likeness (QED) is 0.620. The fourth-order valence-electron chi connectivity index (χ4n) is 3.17. The van der Waals surface area contributed by atoms with Gasteiger partial charge in [-0.2, -0.15) is 4.31 Å². The zero-order chi connectivity index (χ0) is 21.4. The van der Waals surface area contributed by atoms with E-state index in [0.717, 1.165) is 36.1 Å². The lowest BCUT2D eigenvalue weighted by atomic mass is 10.2. The van der Waals surface area contributed by atoms with Crippen LogP contribution in [0, 0.1) is 0 Å². The average molecular weight is 429 g/mol. The van der Waals surface area contributed by atoms with E-state index in [2.05, 4.69) is 12.2 Å². The van der Waals surface area contributed by atoms with Crippen molar-refractivity contribution in [2.75, 3.05) is 19.7 Å². The highest BCUT2D eigenvalue weighted by atomic mass is 32.2. The van der Waals surface area contributed by atoms with E-state index in [1.807, 2.05) is 24.3 Å². The minimum Gasteiger partial charge on any atom is -0.494 e. The summed E-state index contributed by atoms with van der Waals surface area (Å²) in [6.07, 6.45) is 6.00. The number of rotatable bonds is 9. The minimum atomic E-state index is -3.41. The van der Waals surface area contributed by atoms with Crippen LogP contribution in [0.4, 0.5) is 0 Å². The van der Waals surface area contributed by atoms with Gasteiger partial charge in [-0.3, -0.25) is 4.79 Å². The maximum absolute atomic E-state index is 12.5. The van der Waals surface area contributed by atoms with E-state index in [9.17, 15) is 13.2 Å². The summed E-state index contributed by atoms with van der Waals surface area (Å²) in [6.45, 7) is 4.24. The molecule has 0 atom stereocenters. The van der Waals surface area contributed by atoms with E-state index in [-0.39, 0.29) is 5.91 Å². The second-order valence-electron chi connectivity index (χ2n) is 7.22. The number of carbonyl (C=O) groups excluding carboxylic acids is 1. The Morgan fingerprint density at radius 1 is 1.07 bits per heavy atom. The van der Waals surface area contributed by atoms with Gasteiger partial charge in [0, 0.05) is 25.7 Å². The van der Waals surface area contributed by atoms with Gasteiger partial charge in [0.05, 0.1) is 11.5 Å². The number of sulfonamides is 1. The van der Waals surface area contributed by atoms with Crippen LogP contribution in [0.2, 0.25) is 0 Å². The molecule has 6 nitrogen and oxygen atoms in total. The van der Waals surface area contributed by atoms with Crippen molar-refractivity contribution in [1.29, 1.82) is 0 Å². The highest BCUT2D eigenvalue weighted by Crippen LogP contribution is 2.21. The van der Waals surface area contributed by atoms with Gasteiger partial charge in [-0.05, 0) is 60.7 Å². The predicted octanol–water partition coefficient (Wildman–Crippen LogP) is 3.59. The topological polar surface area (TPSA) is 75.7 Å². The van der Waals surface area contributed by atoms with Crippen LogP contribution in [0.25, 0.3) is 6.08 Å². The first kappa shape index (κ1) is 22.1. The van der Waals surface area contributed by atoms with Gasteiger partial charge in [-0.15, -0.1) is 0 Å². The second-order valence-corrected chi connectivity index (χ2v) is 9.16. The Labute approximate surface area is 178 Å². The van der Waals surface area contributed by atoms with Crippen LogP contribution in [0.3, 0.4) is 0 Å². The van der Waals surface area contributed by atoms with E-state index in [4.69, 9.17) is 4.74 Å². The molecule has 0 bridgehead atoms. The van der Waals surface area contributed by atoms with Crippen LogP contribution in [-0.2, 0) is 21.4 Å². The summed E-state index contributed by atoms with van der Waals surface area (Å²) < 4.78 is 32.2. The molecule has 1 aliphatic heterocycles. The van der Waals surface area contributed by atoms with Crippen LogP contribution in [-0.4, -0.2) is 38.3 Å². The Hall–Kier alpha value is -2.64. The Balaban J connectivity index is 1.50. The number of carbonyl (C=O) groups is 1. The van der Waals surface area contributed by atoms with E-state index < -0.39 is 10.0 Å². The smallest absolute Gasteiger partial charge is 0.244 e. The molecule has 1 aliphatic rings. The molecular formula is C23H28N2O4S. The lowest BCUT2D eigenvalue weighted by Crippen LogP contribution is -2.27. The molecular weight excluding hydrogens is 400 g/mol. The number of nitrogens with one attached hydrogen (secondary N) is 1. The lowest BCUT2D eigenvalue weighted by Gasteiger charge is -2.15. The summed E-state index contributed by atoms with van der Waals surface area (Å²) in [4.78, 5) is 12.4. The third-order valence-corrected chi connectivity index (χ3v) is 6.79. The van der Waals surface area contributed by atoms with Gasteiger partial charge >= 0.3 is 0 Å². The molecule has 1 N–H and O–H groups in total. The molecule has 1 fully saturated rings.